The molecule has 2 N–H and O–H groups in total. The number of allylic oxidation sites excluding steroid dienone is 1. The van der Waals surface area contributed by atoms with Gasteiger partial charge in [-0.1, -0.05) is 43.2 Å². The molecule has 0 aromatic heterocycles. The van der Waals surface area contributed by atoms with Crippen LogP contribution < -0.4 is 61.0 Å². The molecule has 0 aliphatic carbocycles. The molecule has 0 saturated heterocycles. The average Bonchev–Trinajstić information content (AvgIpc) is 3.02. The van der Waals surface area contributed by atoms with Crippen molar-refractivity contribution >= 4 is 23.3 Å². The molecule has 0 fully saturated rings. The first-order chi connectivity index (χ1) is 16.5. The molecule has 2 aromatic carbocycles. The Bertz CT molecular complexity index is 930. The summed E-state index contributed by atoms with van der Waals surface area (Å²) in [5, 5.41) is 17.3. The number of halogens is 1. The Morgan fingerprint density at radius 3 is 2.74 bits per heavy atom. The van der Waals surface area contributed by atoms with E-state index < -0.39 is 5.97 Å². The largest absolute Gasteiger partial charge is 1.00 e. The van der Waals surface area contributed by atoms with Gasteiger partial charge >= 0.3 is 57.4 Å². The first-order valence-electron chi connectivity index (χ1n) is 12.0. The maximum atomic E-state index is 11.6. The van der Waals surface area contributed by atoms with Gasteiger partial charge in [-0.2, -0.15) is 0 Å². The molecule has 0 bridgehead atoms. The number of carbonyl (C=O) groups is 1. The Morgan fingerprint density at radius 2 is 2.09 bits per heavy atom. The second-order valence-corrected chi connectivity index (χ2v) is 9.17. The van der Waals surface area contributed by atoms with Gasteiger partial charge in [0.2, 0.25) is 0 Å². The number of hydrogen-bond donors (Lipinski definition) is 2. The standard InChI is InChI=1S/C27H34ClNO3.CH4O.K.H/c1-3-5-8-20(4-2)17-29-18-22(11-6-9-21-10-7-12-24(28)15-21)19-32-26-14-13-23(27(30)31)16-25(26)29;1-2;;/h3,7,10,12-16,20,22H,1,4-6,8-9,11,17-19H2,2H3,(H,30,31);2H,1H3;;/q;;+1;-1. The van der Waals surface area contributed by atoms with E-state index >= 15 is 0 Å². The molecule has 35 heavy (non-hydrogen) atoms. The summed E-state index contributed by atoms with van der Waals surface area (Å²) in [5.74, 6) is 0.783. The molecule has 0 spiro atoms. The van der Waals surface area contributed by atoms with Crippen molar-refractivity contribution in [2.45, 2.75) is 45.4 Å². The second kappa shape index (κ2) is 17.6. The molecule has 0 radical (unpaired) electrons. The SMILES string of the molecule is C=CCCC(CC)CN1CC(CCCc2cccc(Cl)c2)COc2ccc(C(=O)O)cc21.CO.[H-].[K+]. The topological polar surface area (TPSA) is 70.0 Å². The van der Waals surface area contributed by atoms with E-state index in [0.717, 1.165) is 75.2 Å². The molecular formula is C28H39ClKNO4. The van der Waals surface area contributed by atoms with Gasteiger partial charge in [-0.25, -0.2) is 4.79 Å². The Labute approximate surface area is 259 Å². The number of nitrogens with zero attached hydrogens (tertiary/aromatic N) is 1. The Balaban J connectivity index is 0.00000299. The normalized spacial score (nSPS) is 15.3. The average molecular weight is 528 g/mol. The molecule has 5 nitrogen and oxygen atoms in total. The maximum absolute atomic E-state index is 11.6. The zero-order valence-corrected chi connectivity index (χ0v) is 25.3. The molecule has 2 unspecified atom stereocenters. The maximum Gasteiger partial charge on any atom is 1.00 e. The zero-order valence-electron chi connectivity index (χ0n) is 22.4. The fourth-order valence-corrected chi connectivity index (χ4v) is 4.63. The van der Waals surface area contributed by atoms with Gasteiger partial charge in [0, 0.05) is 31.1 Å². The number of aryl methyl sites for hydroxylation is 1. The summed E-state index contributed by atoms with van der Waals surface area (Å²) in [6.07, 6.45) is 8.24. The number of carboxylic acid groups (broad SMARTS) is 1. The van der Waals surface area contributed by atoms with Crippen LogP contribution >= 0.6 is 11.6 Å². The van der Waals surface area contributed by atoms with Gasteiger partial charge in [0.15, 0.2) is 0 Å². The number of benzene rings is 2. The fraction of sp³-hybridized carbons (Fsp3) is 0.464. The molecule has 1 heterocycles. The third-order valence-corrected chi connectivity index (χ3v) is 6.54. The Hall–Kier alpha value is -0.864. The van der Waals surface area contributed by atoms with Crippen LogP contribution in [0.3, 0.4) is 0 Å². The molecular weight excluding hydrogens is 489 g/mol. The third kappa shape index (κ3) is 10.6. The number of aromatic carboxylic acids is 1. The minimum Gasteiger partial charge on any atom is -1.00 e. The van der Waals surface area contributed by atoms with Gasteiger partial charge in [0.05, 0.1) is 17.9 Å². The van der Waals surface area contributed by atoms with Gasteiger partial charge in [-0.05, 0) is 73.9 Å². The monoisotopic (exact) mass is 527 g/mol. The van der Waals surface area contributed by atoms with Crippen LogP contribution in [0.5, 0.6) is 5.75 Å². The van der Waals surface area contributed by atoms with Crippen LogP contribution in [-0.4, -0.2) is 43.0 Å². The number of anilines is 1. The van der Waals surface area contributed by atoms with E-state index in [-0.39, 0.29) is 52.8 Å². The van der Waals surface area contributed by atoms with Crippen LogP contribution in [-0.2, 0) is 6.42 Å². The summed E-state index contributed by atoms with van der Waals surface area (Å²) in [6.45, 7) is 8.50. The smallest absolute Gasteiger partial charge is 1.00 e. The number of hydrogen-bond acceptors (Lipinski definition) is 4. The predicted molar refractivity (Wildman–Crippen MR) is 141 cm³/mol. The van der Waals surface area contributed by atoms with E-state index in [1.54, 1.807) is 12.1 Å². The van der Waals surface area contributed by atoms with Crippen LogP contribution in [0, 0.1) is 11.8 Å². The number of fused-ring (bicyclic) bond motifs is 1. The molecule has 1 aliphatic heterocycles. The van der Waals surface area contributed by atoms with Crippen molar-refractivity contribution in [3.63, 3.8) is 0 Å². The third-order valence-electron chi connectivity index (χ3n) is 6.30. The summed E-state index contributed by atoms with van der Waals surface area (Å²) in [7, 11) is 1.00. The number of rotatable bonds is 11. The van der Waals surface area contributed by atoms with E-state index in [1.807, 2.05) is 30.3 Å². The van der Waals surface area contributed by atoms with Crippen molar-refractivity contribution in [3.8, 4) is 5.75 Å². The van der Waals surface area contributed by atoms with Crippen molar-refractivity contribution < 1.29 is 72.6 Å². The van der Waals surface area contributed by atoms with E-state index in [4.69, 9.17) is 21.4 Å². The number of aliphatic hydroxyl groups is 1. The van der Waals surface area contributed by atoms with Gasteiger partial charge < -0.3 is 21.3 Å². The van der Waals surface area contributed by atoms with Gasteiger partial charge in [-0.15, -0.1) is 6.58 Å². The molecule has 2 aromatic rings. The number of aliphatic hydroxyl groups excluding tert-OH is 1. The minimum atomic E-state index is -0.909. The van der Waals surface area contributed by atoms with Gasteiger partial charge in [0.1, 0.15) is 5.75 Å². The van der Waals surface area contributed by atoms with E-state index in [2.05, 4.69) is 24.5 Å². The van der Waals surface area contributed by atoms with Crippen molar-refractivity contribution in [1.82, 2.24) is 0 Å². The molecule has 2 atom stereocenters. The van der Waals surface area contributed by atoms with Crippen LogP contribution in [0.4, 0.5) is 5.69 Å². The summed E-state index contributed by atoms with van der Waals surface area (Å²) in [4.78, 5) is 13.9. The van der Waals surface area contributed by atoms with E-state index in [9.17, 15) is 9.90 Å². The van der Waals surface area contributed by atoms with Crippen LogP contribution in [0.25, 0.3) is 0 Å². The van der Waals surface area contributed by atoms with Crippen LogP contribution in [0.15, 0.2) is 55.1 Å². The second-order valence-electron chi connectivity index (χ2n) is 8.73. The molecule has 1 aliphatic rings. The first kappa shape index (κ1) is 32.2. The molecule has 188 valence electrons. The minimum absolute atomic E-state index is 0. The van der Waals surface area contributed by atoms with Crippen molar-refractivity contribution in [2.75, 3.05) is 31.7 Å². The van der Waals surface area contributed by atoms with Crippen LogP contribution in [0.1, 0.15) is 56.4 Å². The number of carboxylic acids is 1. The molecule has 0 saturated carbocycles. The summed E-state index contributed by atoms with van der Waals surface area (Å²) in [6, 6.07) is 13.3. The van der Waals surface area contributed by atoms with Crippen molar-refractivity contribution in [2.24, 2.45) is 11.8 Å². The summed E-state index contributed by atoms with van der Waals surface area (Å²) in [5.41, 5.74) is 2.46. The van der Waals surface area contributed by atoms with Crippen LogP contribution in [0.2, 0.25) is 5.02 Å². The molecule has 7 heteroatoms. The molecule has 3 rings (SSSR count). The van der Waals surface area contributed by atoms with E-state index in [0.29, 0.717) is 24.0 Å². The first-order valence-corrected chi connectivity index (χ1v) is 12.4. The van der Waals surface area contributed by atoms with Crippen molar-refractivity contribution in [3.05, 3.63) is 71.3 Å². The summed E-state index contributed by atoms with van der Waals surface area (Å²) < 4.78 is 6.17. The summed E-state index contributed by atoms with van der Waals surface area (Å²) >= 11 is 6.12. The predicted octanol–water partition coefficient (Wildman–Crippen LogP) is 3.59. The Kier molecular flexibility index (Phi) is 16.1. The van der Waals surface area contributed by atoms with E-state index in [1.165, 1.54) is 5.56 Å². The quantitative estimate of drug-likeness (QED) is 0.345. The zero-order chi connectivity index (χ0) is 24.9. The number of ether oxygens (including phenoxy) is 1. The van der Waals surface area contributed by atoms with Gasteiger partial charge in [0.25, 0.3) is 0 Å². The molecule has 0 amide bonds. The fourth-order valence-electron chi connectivity index (χ4n) is 4.41. The Morgan fingerprint density at radius 1 is 1.31 bits per heavy atom. The van der Waals surface area contributed by atoms with Gasteiger partial charge in [-0.3, -0.25) is 0 Å². The van der Waals surface area contributed by atoms with Crippen molar-refractivity contribution in [1.29, 1.82) is 0 Å².